The van der Waals surface area contributed by atoms with Gasteiger partial charge in [-0.15, -0.1) is 0 Å². The molecule has 0 amide bonds. The molecule has 0 radical (unpaired) electrons. The van der Waals surface area contributed by atoms with Crippen LogP contribution in [0.25, 0.3) is 0 Å². The molecule has 7 heteroatoms. The fourth-order valence-electron chi connectivity index (χ4n) is 1.29. The molecule has 1 aromatic carbocycles. The molecule has 0 atom stereocenters. The van der Waals surface area contributed by atoms with Gasteiger partial charge >= 0.3 is 12.6 Å². The van der Waals surface area contributed by atoms with Crippen LogP contribution in [0.15, 0.2) is 12.1 Å². The number of carbonyl (C=O) groups is 1. The molecule has 0 spiro atoms. The summed E-state index contributed by atoms with van der Waals surface area (Å²) in [5.74, 6) is -2.97. The number of hydrogen-bond donors (Lipinski definition) is 1. The molecule has 17 heavy (non-hydrogen) atoms. The number of alkyl halides is 3. The first kappa shape index (κ1) is 13.8. The van der Waals surface area contributed by atoms with Gasteiger partial charge in [-0.3, -0.25) is 4.79 Å². The van der Waals surface area contributed by atoms with Gasteiger partial charge in [0.05, 0.1) is 6.42 Å². The monoisotopic (exact) mass is 312 g/mol. The largest absolute Gasteiger partial charge is 0.481 e. The molecule has 0 aliphatic rings. The van der Waals surface area contributed by atoms with Gasteiger partial charge in [0.2, 0.25) is 0 Å². The molecule has 94 valence electrons. The summed E-state index contributed by atoms with van der Waals surface area (Å²) in [5.41, 5.74) is 0.221. The fourth-order valence-corrected chi connectivity index (χ4v) is 1.82. The number of ether oxygens (including phenoxy) is 1. The first-order valence-electron chi connectivity index (χ1n) is 4.48. The summed E-state index contributed by atoms with van der Waals surface area (Å²) >= 11 is 3.06. The molecule has 0 saturated carbocycles. The zero-order valence-corrected chi connectivity index (χ0v) is 10.0. The topological polar surface area (TPSA) is 46.5 Å². The predicted molar refractivity (Wildman–Crippen MR) is 57.0 cm³/mol. The van der Waals surface area contributed by atoms with Crippen LogP contribution in [0, 0.1) is 5.82 Å². The number of carboxylic acids is 1. The van der Waals surface area contributed by atoms with Gasteiger partial charge in [-0.1, -0.05) is 22.0 Å². The van der Waals surface area contributed by atoms with Crippen molar-refractivity contribution in [3.05, 3.63) is 29.1 Å². The SMILES string of the molecule is O=C(O)Cc1c(CBr)ccc(OC(F)F)c1F. The number of halogens is 4. The predicted octanol–water partition coefficient (Wildman–Crippen LogP) is 2.95. The van der Waals surface area contributed by atoms with Gasteiger partial charge in [0.1, 0.15) is 0 Å². The van der Waals surface area contributed by atoms with Crippen LogP contribution < -0.4 is 4.74 Å². The highest BCUT2D eigenvalue weighted by Gasteiger charge is 2.18. The summed E-state index contributed by atoms with van der Waals surface area (Å²) in [5, 5.41) is 8.84. The molecule has 0 unspecified atom stereocenters. The Kier molecular flexibility index (Phi) is 4.80. The van der Waals surface area contributed by atoms with Crippen LogP contribution in [0.5, 0.6) is 5.75 Å². The minimum Gasteiger partial charge on any atom is -0.481 e. The average molecular weight is 313 g/mol. The Balaban J connectivity index is 3.17. The van der Waals surface area contributed by atoms with Gasteiger partial charge in [-0.05, 0) is 11.6 Å². The lowest BCUT2D eigenvalue weighted by Crippen LogP contribution is -2.09. The summed E-state index contributed by atoms with van der Waals surface area (Å²) < 4.78 is 41.6. The van der Waals surface area contributed by atoms with Gasteiger partial charge < -0.3 is 9.84 Å². The van der Waals surface area contributed by atoms with Crippen LogP contribution in [-0.2, 0) is 16.5 Å². The van der Waals surface area contributed by atoms with Crippen LogP contribution in [0.4, 0.5) is 13.2 Å². The van der Waals surface area contributed by atoms with E-state index in [9.17, 15) is 18.0 Å². The molecular weight excluding hydrogens is 305 g/mol. The van der Waals surface area contributed by atoms with Crippen LogP contribution in [0.2, 0.25) is 0 Å². The normalized spacial score (nSPS) is 10.6. The molecule has 0 heterocycles. The van der Waals surface area contributed by atoms with Gasteiger partial charge in [0.25, 0.3) is 0 Å². The molecule has 0 aliphatic heterocycles. The van der Waals surface area contributed by atoms with E-state index in [0.717, 1.165) is 6.07 Å². The van der Waals surface area contributed by atoms with E-state index in [1.807, 2.05) is 0 Å². The number of aliphatic carboxylic acids is 1. The maximum Gasteiger partial charge on any atom is 0.387 e. The lowest BCUT2D eigenvalue weighted by molar-refractivity contribution is -0.136. The lowest BCUT2D eigenvalue weighted by Gasteiger charge is -2.11. The number of hydrogen-bond acceptors (Lipinski definition) is 2. The van der Waals surface area contributed by atoms with E-state index >= 15 is 0 Å². The summed E-state index contributed by atoms with van der Waals surface area (Å²) in [6, 6.07) is 2.39. The van der Waals surface area contributed by atoms with E-state index in [1.54, 1.807) is 0 Å². The van der Waals surface area contributed by atoms with E-state index in [-0.39, 0.29) is 10.9 Å². The number of benzene rings is 1. The maximum absolute atomic E-state index is 13.7. The Hall–Kier alpha value is -1.24. The molecule has 1 rings (SSSR count). The third-order valence-electron chi connectivity index (χ3n) is 1.99. The average Bonchev–Trinajstić information content (AvgIpc) is 2.23. The molecule has 0 aromatic heterocycles. The Bertz CT molecular complexity index is 424. The quantitative estimate of drug-likeness (QED) is 0.850. The van der Waals surface area contributed by atoms with Gasteiger partial charge in [0.15, 0.2) is 11.6 Å². The first-order valence-corrected chi connectivity index (χ1v) is 5.60. The van der Waals surface area contributed by atoms with Crippen LogP contribution in [-0.4, -0.2) is 17.7 Å². The molecule has 1 N–H and O–H groups in total. The summed E-state index contributed by atoms with van der Waals surface area (Å²) in [6.07, 6.45) is -0.590. The zero-order chi connectivity index (χ0) is 13.0. The van der Waals surface area contributed by atoms with Crippen molar-refractivity contribution in [1.29, 1.82) is 0 Å². The van der Waals surface area contributed by atoms with E-state index in [4.69, 9.17) is 5.11 Å². The lowest BCUT2D eigenvalue weighted by atomic mass is 10.0. The van der Waals surface area contributed by atoms with Crippen molar-refractivity contribution in [2.24, 2.45) is 0 Å². The van der Waals surface area contributed by atoms with Crippen molar-refractivity contribution in [2.45, 2.75) is 18.4 Å². The molecular formula is C10H8BrF3O3. The molecule has 1 aromatic rings. The van der Waals surface area contributed by atoms with Gasteiger partial charge in [-0.2, -0.15) is 8.78 Å². The maximum atomic E-state index is 13.7. The Morgan fingerprint density at radius 3 is 2.59 bits per heavy atom. The Morgan fingerprint density at radius 2 is 2.12 bits per heavy atom. The van der Waals surface area contributed by atoms with Crippen molar-refractivity contribution < 1.29 is 27.8 Å². The smallest absolute Gasteiger partial charge is 0.387 e. The summed E-state index contributed by atoms with van der Waals surface area (Å²) in [4.78, 5) is 10.6. The molecule has 0 saturated heterocycles. The third-order valence-corrected chi connectivity index (χ3v) is 2.60. The standard InChI is InChI=1S/C10H8BrF3O3/c11-4-5-1-2-7(17-10(13)14)9(12)6(5)3-8(15)16/h1-2,10H,3-4H2,(H,15,16). The highest BCUT2D eigenvalue weighted by Crippen LogP contribution is 2.27. The minimum atomic E-state index is -3.16. The fraction of sp³-hybridized carbons (Fsp3) is 0.300. The van der Waals surface area contributed by atoms with E-state index in [1.165, 1.54) is 6.07 Å². The molecule has 0 bridgehead atoms. The minimum absolute atomic E-state index is 0.160. The second-order valence-corrected chi connectivity index (χ2v) is 3.66. The number of rotatable bonds is 5. The third kappa shape index (κ3) is 3.62. The van der Waals surface area contributed by atoms with Crippen molar-refractivity contribution in [2.75, 3.05) is 0 Å². The van der Waals surface area contributed by atoms with Crippen molar-refractivity contribution >= 4 is 21.9 Å². The second-order valence-electron chi connectivity index (χ2n) is 3.10. The van der Waals surface area contributed by atoms with Gasteiger partial charge in [-0.25, -0.2) is 4.39 Å². The molecule has 0 aliphatic carbocycles. The van der Waals surface area contributed by atoms with Crippen LogP contribution in [0.3, 0.4) is 0 Å². The highest BCUT2D eigenvalue weighted by atomic mass is 79.9. The van der Waals surface area contributed by atoms with Crippen molar-refractivity contribution in [3.63, 3.8) is 0 Å². The number of carboxylic acid groups (broad SMARTS) is 1. The summed E-state index contributed by atoms with van der Waals surface area (Å²) in [6.45, 7) is -3.16. The molecule has 0 fully saturated rings. The van der Waals surface area contributed by atoms with E-state index < -0.39 is 30.6 Å². The Labute approximate surface area is 103 Å². The van der Waals surface area contributed by atoms with Gasteiger partial charge in [0, 0.05) is 10.9 Å². The summed E-state index contributed by atoms with van der Waals surface area (Å²) in [7, 11) is 0. The van der Waals surface area contributed by atoms with Crippen molar-refractivity contribution in [3.8, 4) is 5.75 Å². The molecule has 3 nitrogen and oxygen atoms in total. The second kappa shape index (κ2) is 5.90. The highest BCUT2D eigenvalue weighted by molar-refractivity contribution is 9.08. The van der Waals surface area contributed by atoms with E-state index in [0.29, 0.717) is 5.56 Å². The first-order chi connectivity index (χ1) is 7.95. The Morgan fingerprint density at radius 1 is 1.47 bits per heavy atom. The van der Waals surface area contributed by atoms with Crippen molar-refractivity contribution in [1.82, 2.24) is 0 Å². The zero-order valence-electron chi connectivity index (χ0n) is 8.42. The van der Waals surface area contributed by atoms with Crippen LogP contribution in [0.1, 0.15) is 11.1 Å². The van der Waals surface area contributed by atoms with Crippen LogP contribution >= 0.6 is 15.9 Å². The van der Waals surface area contributed by atoms with E-state index in [2.05, 4.69) is 20.7 Å².